The Morgan fingerprint density at radius 2 is 2.31 bits per heavy atom. The van der Waals surface area contributed by atoms with E-state index in [4.69, 9.17) is 0 Å². The van der Waals surface area contributed by atoms with Gasteiger partial charge in [-0.3, -0.25) is 9.67 Å². The average molecular weight is 216 g/mol. The molecule has 0 aliphatic carbocycles. The zero-order valence-corrected chi connectivity index (χ0v) is 9.64. The summed E-state index contributed by atoms with van der Waals surface area (Å²) in [5.74, 6) is 0. The van der Waals surface area contributed by atoms with E-state index in [-0.39, 0.29) is 0 Å². The Labute approximate surface area is 95.3 Å². The average Bonchev–Trinajstić information content (AvgIpc) is 2.59. The maximum atomic E-state index is 4.28. The second-order valence-electron chi connectivity index (χ2n) is 3.84. The molecule has 0 saturated heterocycles. The van der Waals surface area contributed by atoms with Gasteiger partial charge in [-0.15, -0.1) is 0 Å². The quantitative estimate of drug-likeness (QED) is 0.847. The Balaban J connectivity index is 1.87. The molecule has 0 unspecified atom stereocenters. The van der Waals surface area contributed by atoms with E-state index in [0.29, 0.717) is 0 Å². The van der Waals surface area contributed by atoms with Gasteiger partial charge in [-0.2, -0.15) is 5.10 Å². The molecule has 0 atom stereocenters. The molecule has 2 aromatic heterocycles. The maximum absolute atomic E-state index is 4.28. The number of rotatable bonds is 4. The van der Waals surface area contributed by atoms with Crippen LogP contribution in [0.25, 0.3) is 0 Å². The molecule has 84 valence electrons. The molecular weight excluding hydrogens is 200 g/mol. The number of hydrogen-bond acceptors (Lipinski definition) is 3. The Hall–Kier alpha value is -1.84. The molecule has 4 nitrogen and oxygen atoms in total. The lowest BCUT2D eigenvalue weighted by Gasteiger charge is -2.04. The normalized spacial score (nSPS) is 10.4. The first kappa shape index (κ1) is 10.7. The summed E-state index contributed by atoms with van der Waals surface area (Å²) in [6, 6.07) is 4.05. The minimum absolute atomic E-state index is 0.901. The summed E-state index contributed by atoms with van der Waals surface area (Å²) in [6.07, 6.45) is 6.67. The van der Waals surface area contributed by atoms with E-state index < -0.39 is 0 Å². The molecule has 16 heavy (non-hydrogen) atoms. The summed E-state index contributed by atoms with van der Waals surface area (Å²) in [4.78, 5) is 4.09. The predicted octanol–water partition coefficient (Wildman–Crippen LogP) is 1.78. The summed E-state index contributed by atoms with van der Waals surface area (Å²) in [7, 11) is 1.93. The van der Waals surface area contributed by atoms with Gasteiger partial charge in [-0.05, 0) is 25.0 Å². The second kappa shape index (κ2) is 4.79. The molecule has 0 bridgehead atoms. The van der Waals surface area contributed by atoms with Gasteiger partial charge < -0.3 is 5.32 Å². The fourth-order valence-electron chi connectivity index (χ4n) is 1.66. The third-order valence-corrected chi connectivity index (χ3v) is 2.47. The number of anilines is 1. The fourth-order valence-corrected chi connectivity index (χ4v) is 1.66. The largest absolute Gasteiger partial charge is 0.382 e. The molecule has 0 fully saturated rings. The van der Waals surface area contributed by atoms with Gasteiger partial charge in [-0.25, -0.2) is 0 Å². The Morgan fingerprint density at radius 1 is 1.44 bits per heavy atom. The van der Waals surface area contributed by atoms with Crippen molar-refractivity contribution >= 4 is 5.69 Å². The molecule has 0 radical (unpaired) electrons. The van der Waals surface area contributed by atoms with Crippen LogP contribution in [0, 0.1) is 6.92 Å². The van der Waals surface area contributed by atoms with Gasteiger partial charge in [0.15, 0.2) is 0 Å². The first-order chi connectivity index (χ1) is 7.75. The second-order valence-corrected chi connectivity index (χ2v) is 3.84. The first-order valence-corrected chi connectivity index (χ1v) is 5.39. The summed E-state index contributed by atoms with van der Waals surface area (Å²) in [6.45, 7) is 2.91. The Morgan fingerprint density at radius 3 is 2.94 bits per heavy atom. The van der Waals surface area contributed by atoms with Crippen LogP contribution in [0.5, 0.6) is 0 Å². The molecule has 0 aromatic carbocycles. The van der Waals surface area contributed by atoms with Crippen LogP contribution in [0.2, 0.25) is 0 Å². The van der Waals surface area contributed by atoms with Crippen LogP contribution in [-0.2, 0) is 13.5 Å². The van der Waals surface area contributed by atoms with Gasteiger partial charge >= 0.3 is 0 Å². The van der Waals surface area contributed by atoms with Crippen molar-refractivity contribution < 1.29 is 0 Å². The minimum atomic E-state index is 0.901. The number of aromatic nitrogens is 3. The van der Waals surface area contributed by atoms with Crippen molar-refractivity contribution in [3.63, 3.8) is 0 Å². The maximum Gasteiger partial charge on any atom is 0.0824 e. The van der Waals surface area contributed by atoms with Crippen molar-refractivity contribution in [2.45, 2.75) is 13.3 Å². The van der Waals surface area contributed by atoms with Gasteiger partial charge in [-0.1, -0.05) is 6.07 Å². The van der Waals surface area contributed by atoms with E-state index in [1.165, 1.54) is 5.56 Å². The summed E-state index contributed by atoms with van der Waals surface area (Å²) in [5, 5.41) is 7.65. The van der Waals surface area contributed by atoms with E-state index in [1.807, 2.05) is 37.1 Å². The monoisotopic (exact) mass is 216 g/mol. The molecule has 0 saturated carbocycles. The van der Waals surface area contributed by atoms with Crippen molar-refractivity contribution in [1.29, 1.82) is 0 Å². The van der Waals surface area contributed by atoms with Crippen molar-refractivity contribution in [2.75, 3.05) is 11.9 Å². The lowest BCUT2D eigenvalue weighted by Crippen LogP contribution is -2.05. The number of aryl methyl sites for hydroxylation is 2. The Kier molecular flexibility index (Phi) is 3.19. The van der Waals surface area contributed by atoms with Gasteiger partial charge in [0.1, 0.15) is 0 Å². The molecule has 0 aliphatic heterocycles. The molecule has 2 heterocycles. The van der Waals surface area contributed by atoms with Crippen LogP contribution in [-0.4, -0.2) is 21.3 Å². The van der Waals surface area contributed by atoms with Crippen LogP contribution in [0.4, 0.5) is 5.69 Å². The minimum Gasteiger partial charge on any atom is -0.382 e. The van der Waals surface area contributed by atoms with Gasteiger partial charge in [0.25, 0.3) is 0 Å². The Bertz CT molecular complexity index is 447. The topological polar surface area (TPSA) is 42.7 Å². The molecule has 0 amide bonds. The summed E-state index contributed by atoms with van der Waals surface area (Å²) in [5.41, 5.74) is 3.39. The van der Waals surface area contributed by atoms with Gasteiger partial charge in [0, 0.05) is 32.2 Å². The van der Waals surface area contributed by atoms with Crippen LogP contribution in [0.15, 0.2) is 30.7 Å². The van der Waals surface area contributed by atoms with Crippen molar-refractivity contribution in [1.82, 2.24) is 14.8 Å². The van der Waals surface area contributed by atoms with Gasteiger partial charge in [0.05, 0.1) is 11.4 Å². The highest BCUT2D eigenvalue weighted by molar-refractivity contribution is 5.45. The van der Waals surface area contributed by atoms with Crippen LogP contribution < -0.4 is 5.32 Å². The highest BCUT2D eigenvalue weighted by atomic mass is 15.3. The molecule has 0 spiro atoms. The smallest absolute Gasteiger partial charge is 0.0824 e. The molecule has 2 aromatic rings. The number of pyridine rings is 1. The van der Waals surface area contributed by atoms with E-state index >= 15 is 0 Å². The highest BCUT2D eigenvalue weighted by Crippen LogP contribution is 2.11. The lowest BCUT2D eigenvalue weighted by atomic mass is 10.2. The van der Waals surface area contributed by atoms with Crippen LogP contribution in [0.1, 0.15) is 11.3 Å². The van der Waals surface area contributed by atoms with E-state index in [9.17, 15) is 0 Å². The predicted molar refractivity (Wildman–Crippen MR) is 64.4 cm³/mol. The van der Waals surface area contributed by atoms with E-state index in [1.54, 1.807) is 6.20 Å². The van der Waals surface area contributed by atoms with E-state index in [2.05, 4.69) is 21.5 Å². The summed E-state index contributed by atoms with van der Waals surface area (Å²) < 4.78 is 1.82. The molecule has 1 N–H and O–H groups in total. The standard InChI is InChI=1S/C12H16N4/c1-10-12(9-16(2)15-10)14-7-5-11-4-3-6-13-8-11/h3-4,6,8-9,14H,5,7H2,1-2H3. The molecular formula is C12H16N4. The number of hydrogen-bond donors (Lipinski definition) is 1. The van der Waals surface area contributed by atoms with Crippen molar-refractivity contribution in [3.05, 3.63) is 42.0 Å². The van der Waals surface area contributed by atoms with Crippen molar-refractivity contribution in [3.8, 4) is 0 Å². The molecule has 0 aliphatic rings. The molecule has 4 heteroatoms. The number of nitrogens with one attached hydrogen (secondary N) is 1. The first-order valence-electron chi connectivity index (χ1n) is 5.39. The zero-order valence-electron chi connectivity index (χ0n) is 9.64. The van der Waals surface area contributed by atoms with Crippen LogP contribution >= 0.6 is 0 Å². The SMILES string of the molecule is Cc1nn(C)cc1NCCc1cccnc1. The van der Waals surface area contributed by atoms with Gasteiger partial charge in [0.2, 0.25) is 0 Å². The third kappa shape index (κ3) is 2.59. The number of nitrogens with zero attached hydrogens (tertiary/aromatic N) is 3. The zero-order chi connectivity index (χ0) is 11.4. The fraction of sp³-hybridized carbons (Fsp3) is 0.333. The highest BCUT2D eigenvalue weighted by Gasteiger charge is 2.01. The van der Waals surface area contributed by atoms with E-state index in [0.717, 1.165) is 24.3 Å². The summed E-state index contributed by atoms with van der Waals surface area (Å²) >= 11 is 0. The lowest BCUT2D eigenvalue weighted by molar-refractivity contribution is 0.756. The molecule has 2 rings (SSSR count). The van der Waals surface area contributed by atoms with Crippen molar-refractivity contribution in [2.24, 2.45) is 7.05 Å². The third-order valence-electron chi connectivity index (χ3n) is 2.47. The van der Waals surface area contributed by atoms with Crippen LogP contribution in [0.3, 0.4) is 0 Å².